The summed E-state index contributed by atoms with van der Waals surface area (Å²) in [6, 6.07) is 0. The summed E-state index contributed by atoms with van der Waals surface area (Å²) in [5, 5.41) is 0. The van der Waals surface area contributed by atoms with Crippen molar-refractivity contribution in [3.8, 4) is 0 Å². The monoisotopic (exact) mass is 201 g/mol. The maximum absolute atomic E-state index is 10.2. The van der Waals surface area contributed by atoms with Crippen molar-refractivity contribution in [1.29, 1.82) is 0 Å². The zero-order chi connectivity index (χ0) is 6.85. The summed E-state index contributed by atoms with van der Waals surface area (Å²) in [7, 11) is 0. The van der Waals surface area contributed by atoms with Crippen molar-refractivity contribution in [2.24, 2.45) is 0 Å². The van der Waals surface area contributed by atoms with Crippen LogP contribution >= 0.6 is 0 Å². The van der Waals surface area contributed by atoms with Gasteiger partial charge in [-0.3, -0.25) is 15.0 Å². The zero-order valence-corrected chi connectivity index (χ0v) is 13.2. The molecule has 0 spiro atoms. The average Bonchev–Trinajstić information content (AvgIpc) is 1.59. The summed E-state index contributed by atoms with van der Waals surface area (Å²) in [5.41, 5.74) is -2.41. The fourth-order valence-electron chi connectivity index (χ4n) is 0.403. The van der Waals surface area contributed by atoms with E-state index in [1.165, 1.54) is 0 Å². The molecule has 0 aliphatic heterocycles. The Hall–Kier alpha value is 1.41. The number of H-pyrrole nitrogens is 3. The molecule has 54 valence electrons. The van der Waals surface area contributed by atoms with Crippen LogP contribution in [0.1, 0.15) is 4.28 Å². The van der Waals surface area contributed by atoms with Gasteiger partial charge in [-0.25, -0.2) is 14.4 Å². The molecule has 0 fully saturated rings. The molecule has 1 aromatic rings. The summed E-state index contributed by atoms with van der Waals surface area (Å²) in [5.74, 6) is 0. The van der Waals surface area contributed by atoms with Crippen molar-refractivity contribution in [3.05, 3.63) is 31.5 Å². The fraction of sp³-hybridized carbons (Fsp3) is 0. The molecule has 0 saturated heterocycles. The van der Waals surface area contributed by atoms with E-state index in [1.54, 1.807) is 15.0 Å². The number of aromatic nitrogens is 3. The van der Waals surface area contributed by atoms with E-state index in [0.29, 0.717) is 0 Å². The van der Waals surface area contributed by atoms with Gasteiger partial charge in [0.2, 0.25) is 0 Å². The molecule has 0 radical (unpaired) electrons. The first-order valence-corrected chi connectivity index (χ1v) is 2.11. The van der Waals surface area contributed by atoms with Gasteiger partial charge < -0.3 is 4.28 Å². The predicted octanol–water partition coefficient (Wildman–Crippen LogP) is -10.9. The molecular formula is C3H6N3Na3O3. The van der Waals surface area contributed by atoms with Gasteiger partial charge in [-0.05, 0) is 0 Å². The van der Waals surface area contributed by atoms with Crippen LogP contribution in [0.15, 0.2) is 14.4 Å². The van der Waals surface area contributed by atoms with Crippen LogP contribution in [0.5, 0.6) is 0 Å². The van der Waals surface area contributed by atoms with Crippen LogP contribution in [0.4, 0.5) is 0 Å². The molecule has 6 nitrogen and oxygen atoms in total. The SMILES string of the molecule is O=c1[nH]c(=O)[nH]c(=O)[nH]1.[H-].[H-].[H-].[Na+].[Na+].[Na+]. The third-order valence-corrected chi connectivity index (χ3v) is 0.681. The molecule has 0 aromatic carbocycles. The molecule has 1 rings (SSSR count). The van der Waals surface area contributed by atoms with Gasteiger partial charge in [0.1, 0.15) is 0 Å². The summed E-state index contributed by atoms with van der Waals surface area (Å²) >= 11 is 0. The Bertz CT molecular complexity index is 297. The fourth-order valence-corrected chi connectivity index (χ4v) is 0.403. The number of hydrogen-bond donors (Lipinski definition) is 3. The first kappa shape index (κ1) is 19.1. The van der Waals surface area contributed by atoms with Crippen molar-refractivity contribution in [2.45, 2.75) is 0 Å². The largest absolute Gasteiger partial charge is 1.00 e. The van der Waals surface area contributed by atoms with Gasteiger partial charge in [-0.1, -0.05) is 0 Å². The van der Waals surface area contributed by atoms with Crippen molar-refractivity contribution in [3.63, 3.8) is 0 Å². The van der Waals surface area contributed by atoms with Crippen LogP contribution in [0.3, 0.4) is 0 Å². The summed E-state index contributed by atoms with van der Waals surface area (Å²) < 4.78 is 0. The molecular weight excluding hydrogens is 195 g/mol. The van der Waals surface area contributed by atoms with E-state index in [1.807, 2.05) is 0 Å². The molecule has 3 N–H and O–H groups in total. The van der Waals surface area contributed by atoms with Crippen molar-refractivity contribution < 1.29 is 93.0 Å². The van der Waals surface area contributed by atoms with Crippen LogP contribution in [0.2, 0.25) is 0 Å². The predicted molar refractivity (Wildman–Crippen MR) is 31.6 cm³/mol. The molecule has 0 aliphatic rings. The van der Waals surface area contributed by atoms with E-state index >= 15 is 0 Å². The average molecular weight is 201 g/mol. The summed E-state index contributed by atoms with van der Waals surface area (Å²) in [6.07, 6.45) is 0. The minimum atomic E-state index is -0.802. The van der Waals surface area contributed by atoms with E-state index in [0.717, 1.165) is 0 Å². The van der Waals surface area contributed by atoms with Crippen LogP contribution < -0.4 is 106 Å². The van der Waals surface area contributed by atoms with Gasteiger partial charge in [0, 0.05) is 0 Å². The first-order chi connectivity index (χ1) is 4.18. The van der Waals surface area contributed by atoms with E-state index < -0.39 is 17.1 Å². The molecule has 0 amide bonds. The Morgan fingerprint density at radius 2 is 0.833 bits per heavy atom. The number of hydrogen-bond acceptors (Lipinski definition) is 3. The Morgan fingerprint density at radius 1 is 0.667 bits per heavy atom. The number of aromatic amines is 3. The van der Waals surface area contributed by atoms with E-state index in [9.17, 15) is 14.4 Å². The second kappa shape index (κ2) is 8.98. The van der Waals surface area contributed by atoms with Crippen LogP contribution in [-0.4, -0.2) is 15.0 Å². The Labute approximate surface area is 137 Å². The van der Waals surface area contributed by atoms with Gasteiger partial charge in [0.25, 0.3) is 0 Å². The van der Waals surface area contributed by atoms with Gasteiger partial charge in [-0.2, -0.15) is 0 Å². The van der Waals surface area contributed by atoms with Crippen LogP contribution in [0, 0.1) is 0 Å². The van der Waals surface area contributed by atoms with Crippen molar-refractivity contribution in [1.82, 2.24) is 15.0 Å². The number of rotatable bonds is 0. The Morgan fingerprint density at radius 3 is 1.00 bits per heavy atom. The van der Waals surface area contributed by atoms with Crippen LogP contribution in [0.25, 0.3) is 0 Å². The van der Waals surface area contributed by atoms with Gasteiger partial charge in [0.15, 0.2) is 0 Å². The minimum Gasteiger partial charge on any atom is -1.00 e. The summed E-state index contributed by atoms with van der Waals surface area (Å²) in [4.78, 5) is 35.9. The van der Waals surface area contributed by atoms with Gasteiger partial charge >= 0.3 is 106 Å². The topological polar surface area (TPSA) is 98.6 Å². The summed E-state index contributed by atoms with van der Waals surface area (Å²) in [6.45, 7) is 0. The van der Waals surface area contributed by atoms with Crippen molar-refractivity contribution in [2.75, 3.05) is 0 Å². The minimum absolute atomic E-state index is 0. The Kier molecular flexibility index (Phi) is 14.3. The van der Waals surface area contributed by atoms with Gasteiger partial charge in [0.05, 0.1) is 0 Å². The normalized spacial score (nSPS) is 7.00. The quantitative estimate of drug-likeness (QED) is 0.363. The van der Waals surface area contributed by atoms with E-state index in [-0.39, 0.29) is 93.0 Å². The molecule has 0 atom stereocenters. The molecule has 0 unspecified atom stereocenters. The van der Waals surface area contributed by atoms with Gasteiger partial charge in [-0.15, -0.1) is 0 Å². The second-order valence-corrected chi connectivity index (χ2v) is 1.36. The zero-order valence-electron chi connectivity index (χ0n) is 10.2. The van der Waals surface area contributed by atoms with E-state index in [4.69, 9.17) is 0 Å². The maximum Gasteiger partial charge on any atom is 1.00 e. The molecule has 12 heavy (non-hydrogen) atoms. The van der Waals surface area contributed by atoms with Crippen LogP contribution in [-0.2, 0) is 0 Å². The number of nitrogens with one attached hydrogen (secondary N) is 3. The molecule has 9 heteroatoms. The third kappa shape index (κ3) is 6.88. The Balaban J connectivity index is -0.0000000337. The molecule has 1 aromatic heterocycles. The third-order valence-electron chi connectivity index (χ3n) is 0.681. The molecule has 0 saturated carbocycles. The molecule has 1 heterocycles. The molecule has 0 aliphatic carbocycles. The van der Waals surface area contributed by atoms with Crippen molar-refractivity contribution >= 4 is 0 Å². The second-order valence-electron chi connectivity index (χ2n) is 1.36. The first-order valence-electron chi connectivity index (χ1n) is 2.11. The molecule has 0 bridgehead atoms. The van der Waals surface area contributed by atoms with E-state index in [2.05, 4.69) is 0 Å². The maximum atomic E-state index is 10.2. The smallest absolute Gasteiger partial charge is 1.00 e. The standard InChI is InChI=1S/C3H3N3O3.3Na.3H/c7-1-4-2(8)6-3(9)5-1;;;;;;/h(H3,4,5,6,7,8,9);;;;;;/q;3*+1;3*-1.